The largest absolute Gasteiger partial charge is 0.416 e. The third-order valence-corrected chi connectivity index (χ3v) is 2.51. The number of halogens is 3. The number of hydrogen-bond donors (Lipinski definition) is 0. The van der Waals surface area contributed by atoms with Gasteiger partial charge in [-0.1, -0.05) is 32.9 Å². The summed E-state index contributed by atoms with van der Waals surface area (Å²) in [7, 11) is 1.46. The molecule has 0 aliphatic carbocycles. The maximum absolute atomic E-state index is 13.0. The molecule has 0 N–H and O–H groups in total. The predicted octanol–water partition coefficient (Wildman–Crippen LogP) is 4.15. The first-order valence-electron chi connectivity index (χ1n) is 5.36. The lowest BCUT2D eigenvalue weighted by Crippen LogP contribution is -2.19. The van der Waals surface area contributed by atoms with E-state index in [9.17, 15) is 13.2 Å². The first-order chi connectivity index (χ1) is 7.66. The zero-order valence-electron chi connectivity index (χ0n) is 10.5. The van der Waals surface area contributed by atoms with E-state index in [1.165, 1.54) is 19.2 Å². The molecule has 0 saturated heterocycles. The van der Waals surface area contributed by atoms with Gasteiger partial charge in [-0.15, -0.1) is 0 Å². The van der Waals surface area contributed by atoms with Crippen LogP contribution in [0.4, 0.5) is 13.2 Å². The Kier molecular flexibility index (Phi) is 3.87. The average Bonchev–Trinajstić information content (AvgIpc) is 2.15. The highest BCUT2D eigenvalue weighted by Crippen LogP contribution is 2.38. The summed E-state index contributed by atoms with van der Waals surface area (Å²) in [4.78, 5) is 0. The van der Waals surface area contributed by atoms with Crippen LogP contribution in [0.3, 0.4) is 0 Å². The molecule has 0 amide bonds. The molecule has 0 radical (unpaired) electrons. The van der Waals surface area contributed by atoms with Crippen molar-refractivity contribution in [3.63, 3.8) is 0 Å². The minimum absolute atomic E-state index is 0.188. The Morgan fingerprint density at radius 2 is 1.65 bits per heavy atom. The highest BCUT2D eigenvalue weighted by molar-refractivity contribution is 5.38. The second-order valence-electron chi connectivity index (χ2n) is 5.06. The second-order valence-corrected chi connectivity index (χ2v) is 5.06. The molecule has 1 aromatic carbocycles. The molecular weight excluding hydrogens is 229 g/mol. The SMILES string of the molecule is COCc1ccc(C(C)(C)C)c(C(F)(F)F)c1. The van der Waals surface area contributed by atoms with Gasteiger partial charge in [0.2, 0.25) is 0 Å². The first-order valence-corrected chi connectivity index (χ1v) is 5.36. The molecule has 96 valence electrons. The van der Waals surface area contributed by atoms with Crippen LogP contribution in [0.1, 0.15) is 37.5 Å². The van der Waals surface area contributed by atoms with E-state index in [4.69, 9.17) is 4.74 Å². The van der Waals surface area contributed by atoms with Crippen molar-refractivity contribution in [2.45, 2.75) is 39.0 Å². The molecule has 0 fully saturated rings. The van der Waals surface area contributed by atoms with Crippen LogP contribution in [0.5, 0.6) is 0 Å². The molecule has 0 bridgehead atoms. The van der Waals surface area contributed by atoms with Crippen LogP contribution in [0.15, 0.2) is 18.2 Å². The third kappa shape index (κ3) is 3.46. The molecule has 0 atom stereocenters. The van der Waals surface area contributed by atoms with Gasteiger partial charge in [0.25, 0.3) is 0 Å². The van der Waals surface area contributed by atoms with Crippen molar-refractivity contribution in [3.8, 4) is 0 Å². The molecule has 0 heterocycles. The molecule has 0 aliphatic heterocycles. The van der Waals surface area contributed by atoms with Gasteiger partial charge in [-0.2, -0.15) is 13.2 Å². The van der Waals surface area contributed by atoms with Crippen molar-refractivity contribution >= 4 is 0 Å². The van der Waals surface area contributed by atoms with Crippen LogP contribution in [0.2, 0.25) is 0 Å². The van der Waals surface area contributed by atoms with E-state index < -0.39 is 17.2 Å². The van der Waals surface area contributed by atoms with Crippen LogP contribution in [0.25, 0.3) is 0 Å². The van der Waals surface area contributed by atoms with Gasteiger partial charge in [0.05, 0.1) is 12.2 Å². The Labute approximate surface area is 99.6 Å². The molecule has 1 nitrogen and oxygen atoms in total. The first kappa shape index (κ1) is 14.0. The zero-order valence-corrected chi connectivity index (χ0v) is 10.5. The van der Waals surface area contributed by atoms with Gasteiger partial charge < -0.3 is 4.74 Å². The summed E-state index contributed by atoms with van der Waals surface area (Å²) in [6.07, 6.45) is -4.33. The van der Waals surface area contributed by atoms with Gasteiger partial charge >= 0.3 is 6.18 Å². The quantitative estimate of drug-likeness (QED) is 0.761. The van der Waals surface area contributed by atoms with Crippen molar-refractivity contribution in [1.82, 2.24) is 0 Å². The summed E-state index contributed by atoms with van der Waals surface area (Å²) < 4.78 is 43.7. The maximum Gasteiger partial charge on any atom is 0.416 e. The van der Waals surface area contributed by atoms with Gasteiger partial charge in [-0.25, -0.2) is 0 Å². The van der Waals surface area contributed by atoms with E-state index in [1.54, 1.807) is 26.8 Å². The van der Waals surface area contributed by atoms with Crippen molar-refractivity contribution in [2.75, 3.05) is 7.11 Å². The number of benzene rings is 1. The standard InChI is InChI=1S/C13H17F3O/c1-12(2,3)10-6-5-9(8-17-4)7-11(10)13(14,15)16/h5-7H,8H2,1-4H3. The Morgan fingerprint density at radius 1 is 1.06 bits per heavy atom. The lowest BCUT2D eigenvalue weighted by Gasteiger charge is -2.24. The number of hydrogen-bond acceptors (Lipinski definition) is 1. The van der Waals surface area contributed by atoms with Crippen molar-refractivity contribution in [3.05, 3.63) is 34.9 Å². The lowest BCUT2D eigenvalue weighted by molar-refractivity contribution is -0.138. The molecule has 4 heteroatoms. The van der Waals surface area contributed by atoms with Crippen molar-refractivity contribution < 1.29 is 17.9 Å². The molecule has 0 saturated carbocycles. The van der Waals surface area contributed by atoms with Crippen LogP contribution in [0, 0.1) is 0 Å². The summed E-state index contributed by atoms with van der Waals surface area (Å²) >= 11 is 0. The van der Waals surface area contributed by atoms with E-state index in [-0.39, 0.29) is 6.61 Å². The molecule has 1 rings (SSSR count). The van der Waals surface area contributed by atoms with Crippen molar-refractivity contribution in [1.29, 1.82) is 0 Å². The second kappa shape index (κ2) is 4.69. The number of methoxy groups -OCH3 is 1. The third-order valence-electron chi connectivity index (χ3n) is 2.51. The van der Waals surface area contributed by atoms with Gasteiger partial charge in [0.15, 0.2) is 0 Å². The lowest BCUT2D eigenvalue weighted by atomic mass is 9.83. The Balaban J connectivity index is 3.33. The normalized spacial score (nSPS) is 12.9. The highest BCUT2D eigenvalue weighted by atomic mass is 19.4. The smallest absolute Gasteiger partial charge is 0.380 e. The molecule has 0 aromatic heterocycles. The van der Waals surface area contributed by atoms with Crippen LogP contribution in [-0.2, 0) is 22.9 Å². The fraction of sp³-hybridized carbons (Fsp3) is 0.538. The minimum Gasteiger partial charge on any atom is -0.380 e. The minimum atomic E-state index is -4.33. The summed E-state index contributed by atoms with van der Waals surface area (Å²) in [5.41, 5.74) is -0.256. The van der Waals surface area contributed by atoms with Crippen molar-refractivity contribution in [2.24, 2.45) is 0 Å². The highest BCUT2D eigenvalue weighted by Gasteiger charge is 2.36. The summed E-state index contributed by atoms with van der Waals surface area (Å²) in [6, 6.07) is 4.39. The summed E-state index contributed by atoms with van der Waals surface area (Å²) in [6.45, 7) is 5.50. The Morgan fingerprint density at radius 3 is 2.06 bits per heavy atom. The number of ether oxygens (including phenoxy) is 1. The molecule has 0 spiro atoms. The van der Waals surface area contributed by atoms with Crippen LogP contribution < -0.4 is 0 Å². The summed E-state index contributed by atoms with van der Waals surface area (Å²) in [5, 5.41) is 0. The molecule has 0 aliphatic rings. The van der Waals surface area contributed by atoms with Gasteiger partial charge in [0, 0.05) is 7.11 Å². The Bertz CT molecular complexity index is 389. The Hall–Kier alpha value is -1.03. The van der Waals surface area contributed by atoms with E-state index in [0.29, 0.717) is 11.1 Å². The molecule has 17 heavy (non-hydrogen) atoms. The maximum atomic E-state index is 13.0. The van der Waals surface area contributed by atoms with Crippen LogP contribution in [-0.4, -0.2) is 7.11 Å². The zero-order chi connectivity index (χ0) is 13.3. The molecule has 1 aromatic rings. The molecular formula is C13H17F3O. The van der Waals surface area contributed by atoms with E-state index in [2.05, 4.69) is 0 Å². The number of rotatable bonds is 2. The fourth-order valence-electron chi connectivity index (χ4n) is 1.74. The fourth-order valence-corrected chi connectivity index (χ4v) is 1.74. The average molecular weight is 246 g/mol. The van der Waals surface area contributed by atoms with Crippen LogP contribution >= 0.6 is 0 Å². The van der Waals surface area contributed by atoms with E-state index in [0.717, 1.165) is 0 Å². The number of alkyl halides is 3. The predicted molar refractivity (Wildman–Crippen MR) is 60.9 cm³/mol. The summed E-state index contributed by atoms with van der Waals surface area (Å²) in [5.74, 6) is 0. The monoisotopic (exact) mass is 246 g/mol. The molecule has 0 unspecified atom stereocenters. The van der Waals surface area contributed by atoms with E-state index >= 15 is 0 Å². The van der Waals surface area contributed by atoms with Gasteiger partial charge in [-0.3, -0.25) is 0 Å². The topological polar surface area (TPSA) is 9.23 Å². The van der Waals surface area contributed by atoms with Gasteiger partial charge in [0.1, 0.15) is 0 Å². The van der Waals surface area contributed by atoms with E-state index in [1.807, 2.05) is 0 Å². The van der Waals surface area contributed by atoms with Gasteiger partial charge in [-0.05, 0) is 22.6 Å².